The molecule has 0 heterocycles. The van der Waals surface area contributed by atoms with Crippen molar-refractivity contribution in [2.75, 3.05) is 6.61 Å². The minimum Gasteiger partial charge on any atom is -0.490 e. The molecule has 2 N–H and O–H groups in total. The number of benzene rings is 3. The van der Waals surface area contributed by atoms with E-state index in [1.54, 1.807) is 36.4 Å². The van der Waals surface area contributed by atoms with Gasteiger partial charge in [0.25, 0.3) is 11.8 Å². The Morgan fingerprint density at radius 3 is 2.37 bits per heavy atom. The van der Waals surface area contributed by atoms with Gasteiger partial charge in [-0.25, -0.2) is 5.43 Å². The van der Waals surface area contributed by atoms with Gasteiger partial charge in [0.05, 0.1) is 12.8 Å². The molecule has 2 amide bonds. The molecule has 200 valence electrons. The SMILES string of the molecule is CCOc1cc(/C=N/NC(=O)C(CC(C)C)NC(=O)c2ccc(Cl)cc2)ccc1OCc1ccc(Br)cc1. The Morgan fingerprint density at radius 1 is 1.00 bits per heavy atom. The number of halogens is 2. The van der Waals surface area contributed by atoms with E-state index >= 15 is 0 Å². The molecule has 0 aromatic heterocycles. The smallest absolute Gasteiger partial charge is 0.262 e. The van der Waals surface area contributed by atoms with Gasteiger partial charge in [0.1, 0.15) is 12.6 Å². The minimum atomic E-state index is -0.747. The van der Waals surface area contributed by atoms with E-state index in [0.717, 1.165) is 15.6 Å². The summed E-state index contributed by atoms with van der Waals surface area (Å²) in [5.74, 6) is 0.605. The second-order valence-corrected chi connectivity index (χ2v) is 10.3. The highest BCUT2D eigenvalue weighted by molar-refractivity contribution is 9.10. The summed E-state index contributed by atoms with van der Waals surface area (Å²) >= 11 is 9.33. The van der Waals surface area contributed by atoms with Crippen molar-refractivity contribution in [3.63, 3.8) is 0 Å². The van der Waals surface area contributed by atoms with Crippen LogP contribution in [0, 0.1) is 5.92 Å². The third-order valence-electron chi connectivity index (χ3n) is 5.40. The number of rotatable bonds is 12. The third kappa shape index (κ3) is 9.19. The molecule has 1 unspecified atom stereocenters. The molecule has 1 atom stereocenters. The van der Waals surface area contributed by atoms with Gasteiger partial charge in [-0.3, -0.25) is 9.59 Å². The largest absolute Gasteiger partial charge is 0.490 e. The van der Waals surface area contributed by atoms with Gasteiger partial charge in [0, 0.05) is 15.1 Å². The summed E-state index contributed by atoms with van der Waals surface area (Å²) in [6.45, 7) is 6.72. The van der Waals surface area contributed by atoms with E-state index in [0.29, 0.717) is 41.7 Å². The van der Waals surface area contributed by atoms with Crippen LogP contribution in [0.5, 0.6) is 11.5 Å². The first-order valence-corrected chi connectivity index (χ1v) is 13.5. The molecule has 3 rings (SSSR count). The average molecular weight is 601 g/mol. The predicted octanol–water partition coefficient (Wildman–Crippen LogP) is 6.38. The Kier molecular flexibility index (Phi) is 11.2. The number of nitrogens with zero attached hydrogens (tertiary/aromatic N) is 1. The van der Waals surface area contributed by atoms with E-state index in [2.05, 4.69) is 31.8 Å². The molecule has 0 radical (unpaired) electrons. The highest BCUT2D eigenvalue weighted by atomic mass is 79.9. The molecule has 0 aliphatic carbocycles. The second-order valence-electron chi connectivity index (χ2n) is 8.95. The molecule has 9 heteroatoms. The van der Waals surface area contributed by atoms with Crippen LogP contribution in [0.25, 0.3) is 0 Å². The van der Waals surface area contributed by atoms with E-state index in [1.165, 1.54) is 6.21 Å². The number of nitrogens with one attached hydrogen (secondary N) is 2. The van der Waals surface area contributed by atoms with E-state index < -0.39 is 11.9 Å². The number of amides is 2. The Balaban J connectivity index is 1.63. The maximum atomic E-state index is 12.8. The maximum Gasteiger partial charge on any atom is 0.262 e. The van der Waals surface area contributed by atoms with Crippen LogP contribution in [0.15, 0.2) is 76.3 Å². The topological polar surface area (TPSA) is 89.0 Å². The fraction of sp³-hybridized carbons (Fsp3) is 0.276. The lowest BCUT2D eigenvalue weighted by Gasteiger charge is -2.19. The summed E-state index contributed by atoms with van der Waals surface area (Å²) in [4.78, 5) is 25.5. The first-order chi connectivity index (χ1) is 18.2. The molecule has 0 spiro atoms. The van der Waals surface area contributed by atoms with Crippen molar-refractivity contribution >= 4 is 45.6 Å². The highest BCUT2D eigenvalue weighted by Crippen LogP contribution is 2.29. The lowest BCUT2D eigenvalue weighted by Crippen LogP contribution is -2.46. The van der Waals surface area contributed by atoms with Crippen molar-refractivity contribution in [2.24, 2.45) is 11.0 Å². The molecule has 0 aliphatic rings. The normalized spacial score (nSPS) is 11.8. The quantitative estimate of drug-likeness (QED) is 0.187. The lowest BCUT2D eigenvalue weighted by atomic mass is 10.0. The van der Waals surface area contributed by atoms with E-state index in [-0.39, 0.29) is 11.8 Å². The fourth-order valence-corrected chi connectivity index (χ4v) is 3.92. The lowest BCUT2D eigenvalue weighted by molar-refractivity contribution is -0.123. The molecule has 38 heavy (non-hydrogen) atoms. The molecule has 0 saturated heterocycles. The van der Waals surface area contributed by atoms with Crippen LogP contribution < -0.4 is 20.2 Å². The van der Waals surface area contributed by atoms with Crippen LogP contribution in [-0.2, 0) is 11.4 Å². The Bertz CT molecular complexity index is 1250. The van der Waals surface area contributed by atoms with Gasteiger partial charge in [0.2, 0.25) is 0 Å². The molecular formula is C29H31BrClN3O4. The molecule has 3 aromatic rings. The Morgan fingerprint density at radius 2 is 1.71 bits per heavy atom. The number of hydrogen-bond donors (Lipinski definition) is 2. The molecule has 0 bridgehead atoms. The summed E-state index contributed by atoms with van der Waals surface area (Å²) in [6, 6.07) is 19.1. The zero-order valence-electron chi connectivity index (χ0n) is 21.5. The van der Waals surface area contributed by atoms with Gasteiger partial charge >= 0.3 is 0 Å². The first-order valence-electron chi connectivity index (χ1n) is 12.3. The molecule has 7 nitrogen and oxygen atoms in total. The van der Waals surface area contributed by atoms with Gasteiger partial charge in [-0.15, -0.1) is 0 Å². The van der Waals surface area contributed by atoms with Crippen molar-refractivity contribution < 1.29 is 19.1 Å². The minimum absolute atomic E-state index is 0.180. The first kappa shape index (κ1) is 29.2. The standard InChI is InChI=1S/C29H31BrClN3O4/c1-4-37-27-16-21(7-14-26(27)38-18-20-5-10-23(30)11-6-20)17-32-34-29(36)25(15-19(2)3)33-28(35)22-8-12-24(31)13-9-22/h5-14,16-17,19,25H,4,15,18H2,1-3H3,(H,33,35)(H,34,36)/b32-17+. The van der Waals surface area contributed by atoms with Gasteiger partial charge in [-0.2, -0.15) is 5.10 Å². The van der Waals surface area contributed by atoms with Crippen molar-refractivity contribution in [1.29, 1.82) is 0 Å². The molecule has 0 fully saturated rings. The van der Waals surface area contributed by atoms with Crippen molar-refractivity contribution in [1.82, 2.24) is 10.7 Å². The number of carbonyl (C=O) groups excluding carboxylic acids is 2. The highest BCUT2D eigenvalue weighted by Gasteiger charge is 2.22. The molecule has 0 saturated carbocycles. The Hall–Kier alpha value is -3.36. The summed E-state index contributed by atoms with van der Waals surface area (Å²) < 4.78 is 12.7. The second kappa shape index (κ2) is 14.5. The van der Waals surface area contributed by atoms with E-state index in [1.807, 2.05) is 51.1 Å². The van der Waals surface area contributed by atoms with Crippen LogP contribution in [-0.4, -0.2) is 30.7 Å². The van der Waals surface area contributed by atoms with Gasteiger partial charge < -0.3 is 14.8 Å². The zero-order valence-corrected chi connectivity index (χ0v) is 23.9. The third-order valence-corrected chi connectivity index (χ3v) is 6.18. The van der Waals surface area contributed by atoms with Crippen LogP contribution in [0.2, 0.25) is 5.02 Å². The van der Waals surface area contributed by atoms with E-state index in [4.69, 9.17) is 21.1 Å². The van der Waals surface area contributed by atoms with Gasteiger partial charge in [-0.1, -0.05) is 53.5 Å². The number of ether oxygens (including phenoxy) is 2. The predicted molar refractivity (Wildman–Crippen MR) is 154 cm³/mol. The van der Waals surface area contributed by atoms with Crippen molar-refractivity contribution in [3.8, 4) is 11.5 Å². The van der Waals surface area contributed by atoms with Crippen LogP contribution in [0.3, 0.4) is 0 Å². The summed E-state index contributed by atoms with van der Waals surface area (Å²) in [6.07, 6.45) is 1.98. The molecular weight excluding hydrogens is 570 g/mol. The number of carbonyl (C=O) groups is 2. The van der Waals surface area contributed by atoms with Crippen LogP contribution in [0.1, 0.15) is 48.7 Å². The fourth-order valence-electron chi connectivity index (χ4n) is 3.53. The Labute approximate surface area is 236 Å². The van der Waals surface area contributed by atoms with Crippen LogP contribution >= 0.6 is 27.5 Å². The molecule has 0 aliphatic heterocycles. The summed E-state index contributed by atoms with van der Waals surface area (Å²) in [7, 11) is 0. The number of hydrogen-bond acceptors (Lipinski definition) is 5. The monoisotopic (exact) mass is 599 g/mol. The van der Waals surface area contributed by atoms with Crippen molar-refractivity contribution in [3.05, 3.63) is 92.9 Å². The van der Waals surface area contributed by atoms with E-state index in [9.17, 15) is 9.59 Å². The summed E-state index contributed by atoms with van der Waals surface area (Å²) in [5.41, 5.74) is 4.71. The zero-order chi connectivity index (χ0) is 27.5. The van der Waals surface area contributed by atoms with Crippen LogP contribution in [0.4, 0.5) is 0 Å². The van der Waals surface area contributed by atoms with Gasteiger partial charge in [-0.05, 0) is 85.0 Å². The average Bonchev–Trinajstić information content (AvgIpc) is 2.89. The van der Waals surface area contributed by atoms with Crippen molar-refractivity contribution in [2.45, 2.75) is 39.8 Å². The maximum absolute atomic E-state index is 12.8. The van der Waals surface area contributed by atoms with Gasteiger partial charge in [0.15, 0.2) is 11.5 Å². The summed E-state index contributed by atoms with van der Waals surface area (Å²) in [5, 5.41) is 7.42. The molecule has 3 aromatic carbocycles. The number of hydrazone groups is 1.